The molecule has 0 bridgehead atoms. The summed E-state index contributed by atoms with van der Waals surface area (Å²) in [6.45, 7) is 9.53. The molecule has 0 spiro atoms. The lowest BCUT2D eigenvalue weighted by Crippen LogP contribution is -2.39. The molecule has 0 aliphatic rings. The molecule has 1 aromatic heterocycles. The summed E-state index contributed by atoms with van der Waals surface area (Å²) < 4.78 is 29.5. The Bertz CT molecular complexity index is 1030. The number of nitrogens with zero attached hydrogens (tertiary/aromatic N) is 2. The Morgan fingerprint density at radius 3 is 2.38 bits per heavy atom. The van der Waals surface area contributed by atoms with E-state index in [1.54, 1.807) is 28.0 Å². The largest absolute Gasteiger partial charge is 0.245 e. The van der Waals surface area contributed by atoms with Crippen molar-refractivity contribution in [3.63, 3.8) is 0 Å². The van der Waals surface area contributed by atoms with Gasteiger partial charge in [-0.05, 0) is 47.9 Å². The third-order valence-corrected chi connectivity index (χ3v) is 7.99. The van der Waals surface area contributed by atoms with E-state index in [2.05, 4.69) is 56.9 Å². The van der Waals surface area contributed by atoms with Crippen LogP contribution in [-0.4, -0.2) is 30.8 Å². The van der Waals surface area contributed by atoms with Crippen LogP contribution < -0.4 is 0 Å². The number of sulfonamides is 1. The molecule has 0 saturated heterocycles. The first-order valence-electron chi connectivity index (χ1n) is 10.1. The van der Waals surface area contributed by atoms with Gasteiger partial charge in [-0.3, -0.25) is 0 Å². The van der Waals surface area contributed by atoms with Gasteiger partial charge in [0, 0.05) is 13.1 Å². The van der Waals surface area contributed by atoms with Gasteiger partial charge in [-0.25, -0.2) is 13.4 Å². The van der Waals surface area contributed by atoms with E-state index in [4.69, 9.17) is 0 Å². The first kappa shape index (κ1) is 21.9. The van der Waals surface area contributed by atoms with Crippen molar-refractivity contribution in [2.75, 3.05) is 13.1 Å². The molecule has 0 saturated carbocycles. The van der Waals surface area contributed by atoms with E-state index in [9.17, 15) is 8.42 Å². The Morgan fingerprint density at radius 1 is 0.966 bits per heavy atom. The SMILES string of the molecule is CC(C)CN(C[C@@H](C)[C@@H](C)Cc1ccccc1)S(=O)(=O)c1ccc2ncsc2c1. The van der Waals surface area contributed by atoms with E-state index < -0.39 is 10.0 Å². The molecule has 6 heteroatoms. The van der Waals surface area contributed by atoms with E-state index in [-0.39, 0.29) is 11.8 Å². The number of aromatic nitrogens is 1. The van der Waals surface area contributed by atoms with E-state index in [1.165, 1.54) is 16.9 Å². The summed E-state index contributed by atoms with van der Waals surface area (Å²) in [6.07, 6.45) is 0.949. The quantitative estimate of drug-likeness (QED) is 0.453. The lowest BCUT2D eigenvalue weighted by molar-refractivity contribution is 0.273. The minimum atomic E-state index is -3.55. The van der Waals surface area contributed by atoms with Crippen LogP contribution in [0.1, 0.15) is 33.3 Å². The maximum atomic E-state index is 13.5. The molecule has 0 aliphatic heterocycles. The van der Waals surface area contributed by atoms with Gasteiger partial charge in [-0.2, -0.15) is 4.31 Å². The molecule has 4 nitrogen and oxygen atoms in total. The van der Waals surface area contributed by atoms with Crippen molar-refractivity contribution >= 4 is 31.6 Å². The van der Waals surface area contributed by atoms with Crippen molar-refractivity contribution in [1.29, 1.82) is 0 Å². The summed E-state index contributed by atoms with van der Waals surface area (Å²) in [7, 11) is -3.55. The third-order valence-electron chi connectivity index (χ3n) is 5.37. The zero-order valence-corrected chi connectivity index (χ0v) is 19.2. The van der Waals surface area contributed by atoms with Gasteiger partial charge >= 0.3 is 0 Å². The summed E-state index contributed by atoms with van der Waals surface area (Å²) >= 11 is 1.47. The molecule has 1 heterocycles. The van der Waals surface area contributed by atoms with Gasteiger partial charge in [-0.1, -0.05) is 58.0 Å². The second-order valence-electron chi connectivity index (χ2n) is 8.34. The summed E-state index contributed by atoms with van der Waals surface area (Å²) in [5.41, 5.74) is 3.88. The summed E-state index contributed by atoms with van der Waals surface area (Å²) in [6, 6.07) is 15.6. The second kappa shape index (κ2) is 9.37. The van der Waals surface area contributed by atoms with Crippen LogP contribution in [0.2, 0.25) is 0 Å². The maximum absolute atomic E-state index is 13.5. The Labute approximate surface area is 178 Å². The highest BCUT2D eigenvalue weighted by molar-refractivity contribution is 7.89. The maximum Gasteiger partial charge on any atom is 0.243 e. The zero-order chi connectivity index (χ0) is 21.0. The number of fused-ring (bicyclic) bond motifs is 1. The van der Waals surface area contributed by atoms with Crippen LogP contribution in [0.5, 0.6) is 0 Å². The number of thiazole rings is 1. The molecule has 3 rings (SSSR count). The van der Waals surface area contributed by atoms with Crippen molar-refractivity contribution in [2.24, 2.45) is 17.8 Å². The fourth-order valence-electron chi connectivity index (χ4n) is 3.51. The van der Waals surface area contributed by atoms with Gasteiger partial charge < -0.3 is 0 Å². The van der Waals surface area contributed by atoms with Crippen molar-refractivity contribution in [3.05, 3.63) is 59.6 Å². The molecule has 0 N–H and O–H groups in total. The van der Waals surface area contributed by atoms with Gasteiger partial charge in [0.25, 0.3) is 0 Å². The van der Waals surface area contributed by atoms with E-state index in [0.717, 1.165) is 16.6 Å². The predicted octanol–water partition coefficient (Wildman–Crippen LogP) is 5.46. The van der Waals surface area contributed by atoms with Gasteiger partial charge in [-0.15, -0.1) is 11.3 Å². The predicted molar refractivity (Wildman–Crippen MR) is 122 cm³/mol. The smallest absolute Gasteiger partial charge is 0.243 e. The third kappa shape index (κ3) is 5.44. The highest BCUT2D eigenvalue weighted by Crippen LogP contribution is 2.27. The average molecular weight is 431 g/mol. The number of benzene rings is 2. The molecule has 0 fully saturated rings. The van der Waals surface area contributed by atoms with Gasteiger partial charge in [0.05, 0.1) is 20.6 Å². The van der Waals surface area contributed by atoms with Crippen molar-refractivity contribution in [1.82, 2.24) is 9.29 Å². The number of hydrogen-bond donors (Lipinski definition) is 0. The molecule has 156 valence electrons. The van der Waals surface area contributed by atoms with E-state index >= 15 is 0 Å². The Morgan fingerprint density at radius 2 is 1.69 bits per heavy atom. The minimum absolute atomic E-state index is 0.246. The minimum Gasteiger partial charge on any atom is -0.245 e. The second-order valence-corrected chi connectivity index (χ2v) is 11.2. The monoisotopic (exact) mass is 430 g/mol. The molecule has 0 unspecified atom stereocenters. The van der Waals surface area contributed by atoms with Crippen LogP contribution in [-0.2, 0) is 16.4 Å². The Kier molecular flexibility index (Phi) is 7.09. The highest BCUT2D eigenvalue weighted by atomic mass is 32.2. The molecule has 29 heavy (non-hydrogen) atoms. The standard InChI is InChI=1S/C23H30N2O2S2/c1-17(2)14-25(15-19(4)18(3)12-20-8-6-5-7-9-20)29(26,27)21-10-11-22-23(13-21)28-16-24-22/h5-11,13,16-19H,12,14-15H2,1-4H3/t18-,19+/m0/s1. The van der Waals surface area contributed by atoms with Gasteiger partial charge in [0.15, 0.2) is 0 Å². The van der Waals surface area contributed by atoms with Crippen LogP contribution in [0.15, 0.2) is 58.9 Å². The van der Waals surface area contributed by atoms with Gasteiger partial charge in [0.1, 0.15) is 0 Å². The van der Waals surface area contributed by atoms with Crippen LogP contribution in [0.25, 0.3) is 10.2 Å². The topological polar surface area (TPSA) is 50.3 Å². The van der Waals surface area contributed by atoms with Crippen LogP contribution in [0.3, 0.4) is 0 Å². The lowest BCUT2D eigenvalue weighted by atomic mass is 9.89. The molecule has 2 atom stereocenters. The summed E-state index contributed by atoms with van der Waals surface area (Å²) in [5.74, 6) is 0.885. The first-order chi connectivity index (χ1) is 13.8. The molecule has 2 aromatic carbocycles. The number of rotatable bonds is 9. The molecule has 0 radical (unpaired) electrons. The van der Waals surface area contributed by atoms with Crippen molar-refractivity contribution in [2.45, 2.75) is 39.0 Å². The number of hydrogen-bond acceptors (Lipinski definition) is 4. The van der Waals surface area contributed by atoms with Crippen LogP contribution in [0, 0.1) is 17.8 Å². The first-order valence-corrected chi connectivity index (χ1v) is 12.5. The lowest BCUT2D eigenvalue weighted by Gasteiger charge is -2.29. The molecule has 0 amide bonds. The van der Waals surface area contributed by atoms with Crippen molar-refractivity contribution < 1.29 is 8.42 Å². The molecular weight excluding hydrogens is 400 g/mol. The summed E-state index contributed by atoms with van der Waals surface area (Å²) in [4.78, 5) is 4.62. The van der Waals surface area contributed by atoms with Crippen molar-refractivity contribution in [3.8, 4) is 0 Å². The molecule has 3 aromatic rings. The highest BCUT2D eigenvalue weighted by Gasteiger charge is 2.28. The Balaban J connectivity index is 1.80. The Hall–Kier alpha value is -1.76. The molecular formula is C23H30N2O2S2. The molecule has 0 aliphatic carbocycles. The van der Waals surface area contributed by atoms with E-state index in [1.807, 2.05) is 6.07 Å². The summed E-state index contributed by atoms with van der Waals surface area (Å²) in [5, 5.41) is 0. The van der Waals surface area contributed by atoms with Crippen LogP contribution in [0.4, 0.5) is 0 Å². The normalized spacial score (nSPS) is 14.6. The fraction of sp³-hybridized carbons (Fsp3) is 0.435. The average Bonchev–Trinajstić information content (AvgIpc) is 3.15. The van der Waals surface area contributed by atoms with Gasteiger partial charge in [0.2, 0.25) is 10.0 Å². The zero-order valence-electron chi connectivity index (χ0n) is 17.6. The fourth-order valence-corrected chi connectivity index (χ4v) is 6.03. The van der Waals surface area contributed by atoms with Crippen LogP contribution >= 0.6 is 11.3 Å². The van der Waals surface area contributed by atoms with E-state index in [0.29, 0.717) is 23.9 Å².